The molecule has 3 aromatic rings. The second-order valence-electron chi connectivity index (χ2n) is 7.14. The number of benzene rings is 1. The van der Waals surface area contributed by atoms with Crippen molar-refractivity contribution in [2.45, 2.75) is 46.1 Å². The van der Waals surface area contributed by atoms with Crippen molar-refractivity contribution in [3.63, 3.8) is 0 Å². The third-order valence-electron chi connectivity index (χ3n) is 4.68. The number of hydrogen-bond acceptors (Lipinski definition) is 5. The van der Waals surface area contributed by atoms with Crippen molar-refractivity contribution in [1.29, 1.82) is 0 Å². The summed E-state index contributed by atoms with van der Waals surface area (Å²) in [5.74, 6) is 1.19. The normalized spacial score (nSPS) is 12.1. The first-order valence-electron chi connectivity index (χ1n) is 9.68. The van der Waals surface area contributed by atoms with Gasteiger partial charge in [0.05, 0.1) is 6.04 Å². The maximum atomic E-state index is 12.5. The Morgan fingerprint density at radius 1 is 1.18 bits per heavy atom. The van der Waals surface area contributed by atoms with Gasteiger partial charge in [0, 0.05) is 30.8 Å². The van der Waals surface area contributed by atoms with E-state index in [0.717, 1.165) is 17.5 Å². The van der Waals surface area contributed by atoms with E-state index in [9.17, 15) is 4.79 Å². The summed E-state index contributed by atoms with van der Waals surface area (Å²) in [5, 5.41) is 7.10. The van der Waals surface area contributed by atoms with E-state index in [1.54, 1.807) is 12.4 Å². The highest BCUT2D eigenvalue weighted by atomic mass is 16.5. The maximum absolute atomic E-state index is 12.5. The highest BCUT2D eigenvalue weighted by Crippen LogP contribution is 2.22. The lowest BCUT2D eigenvalue weighted by Crippen LogP contribution is -2.31. The number of rotatable bonds is 8. The van der Waals surface area contributed by atoms with E-state index in [-0.39, 0.29) is 17.9 Å². The Bertz CT molecular complexity index is 888. The summed E-state index contributed by atoms with van der Waals surface area (Å²) in [6, 6.07) is 12.1. The molecule has 0 fully saturated rings. The van der Waals surface area contributed by atoms with Crippen LogP contribution in [0.15, 0.2) is 53.3 Å². The molecule has 0 aliphatic heterocycles. The molecule has 0 aliphatic carbocycles. The van der Waals surface area contributed by atoms with Crippen LogP contribution < -0.4 is 5.32 Å². The zero-order valence-electron chi connectivity index (χ0n) is 16.6. The summed E-state index contributed by atoms with van der Waals surface area (Å²) in [7, 11) is 0. The highest BCUT2D eigenvalue weighted by Gasteiger charge is 2.19. The predicted molar refractivity (Wildman–Crippen MR) is 107 cm³/mol. The highest BCUT2D eigenvalue weighted by molar-refractivity contribution is 5.76. The fourth-order valence-electron chi connectivity index (χ4n) is 3.03. The Morgan fingerprint density at radius 3 is 2.61 bits per heavy atom. The standard InChI is InChI=1S/C22H26N4O2/c1-4-16-7-9-17(10-8-16)21(15(2)3)24-19(27)11-12-20-25-22(26-28-20)18-6-5-13-23-14-18/h5-10,13-15,21H,4,11-12H2,1-3H3,(H,24,27). The first-order chi connectivity index (χ1) is 13.6. The van der Waals surface area contributed by atoms with E-state index in [1.807, 2.05) is 12.1 Å². The molecule has 0 aliphatic rings. The molecule has 2 heterocycles. The lowest BCUT2D eigenvalue weighted by molar-refractivity contribution is -0.122. The molecule has 6 heteroatoms. The van der Waals surface area contributed by atoms with Crippen molar-refractivity contribution in [3.05, 3.63) is 65.8 Å². The fraction of sp³-hybridized carbons (Fsp3) is 0.364. The van der Waals surface area contributed by atoms with Gasteiger partial charge in [0.1, 0.15) is 0 Å². The van der Waals surface area contributed by atoms with Gasteiger partial charge in [0.2, 0.25) is 17.6 Å². The van der Waals surface area contributed by atoms with E-state index >= 15 is 0 Å². The van der Waals surface area contributed by atoms with Crippen LogP contribution in [-0.2, 0) is 17.6 Å². The Labute approximate surface area is 165 Å². The molecule has 28 heavy (non-hydrogen) atoms. The molecule has 1 N–H and O–H groups in total. The third-order valence-corrected chi connectivity index (χ3v) is 4.68. The number of nitrogens with zero attached hydrogens (tertiary/aromatic N) is 3. The minimum Gasteiger partial charge on any atom is -0.349 e. The Balaban J connectivity index is 1.58. The van der Waals surface area contributed by atoms with Gasteiger partial charge in [-0.1, -0.05) is 50.2 Å². The first kappa shape index (κ1) is 19.7. The molecule has 1 amide bonds. The zero-order valence-corrected chi connectivity index (χ0v) is 16.6. The van der Waals surface area contributed by atoms with Crippen molar-refractivity contribution in [2.75, 3.05) is 0 Å². The zero-order chi connectivity index (χ0) is 19.9. The predicted octanol–water partition coefficient (Wildman–Crippen LogP) is 4.14. The number of hydrogen-bond donors (Lipinski definition) is 1. The number of carbonyl (C=O) groups is 1. The fourth-order valence-corrected chi connectivity index (χ4v) is 3.03. The molecule has 0 spiro atoms. The molecule has 1 unspecified atom stereocenters. The van der Waals surface area contributed by atoms with Gasteiger partial charge in [-0.15, -0.1) is 0 Å². The first-order valence-corrected chi connectivity index (χ1v) is 9.68. The minimum absolute atomic E-state index is 0.0213. The lowest BCUT2D eigenvalue weighted by Gasteiger charge is -2.23. The van der Waals surface area contributed by atoms with Crippen LogP contribution in [-0.4, -0.2) is 21.0 Å². The van der Waals surface area contributed by atoms with E-state index in [0.29, 0.717) is 24.6 Å². The van der Waals surface area contributed by atoms with Gasteiger partial charge in [-0.05, 0) is 35.6 Å². The molecule has 6 nitrogen and oxygen atoms in total. The van der Waals surface area contributed by atoms with Crippen molar-refractivity contribution in [3.8, 4) is 11.4 Å². The Hall–Kier alpha value is -3.02. The molecular weight excluding hydrogens is 352 g/mol. The number of pyridine rings is 1. The summed E-state index contributed by atoms with van der Waals surface area (Å²) >= 11 is 0. The van der Waals surface area contributed by atoms with Crippen LogP contribution in [0.2, 0.25) is 0 Å². The summed E-state index contributed by atoms with van der Waals surface area (Å²) in [5.41, 5.74) is 3.20. The SMILES string of the molecule is CCc1ccc(C(NC(=O)CCc2nc(-c3cccnc3)no2)C(C)C)cc1. The van der Waals surface area contributed by atoms with Crippen molar-refractivity contribution in [2.24, 2.45) is 5.92 Å². The molecular formula is C22H26N4O2. The smallest absolute Gasteiger partial charge is 0.227 e. The van der Waals surface area contributed by atoms with Crippen LogP contribution in [0.25, 0.3) is 11.4 Å². The average molecular weight is 378 g/mol. The van der Waals surface area contributed by atoms with E-state index < -0.39 is 0 Å². The third kappa shape index (κ3) is 5.03. The summed E-state index contributed by atoms with van der Waals surface area (Å²) in [4.78, 5) is 20.9. The maximum Gasteiger partial charge on any atom is 0.227 e. The molecule has 1 aromatic carbocycles. The van der Waals surface area contributed by atoms with E-state index in [4.69, 9.17) is 4.52 Å². The van der Waals surface area contributed by atoms with Crippen molar-refractivity contribution < 1.29 is 9.32 Å². The van der Waals surface area contributed by atoms with Gasteiger partial charge in [-0.25, -0.2) is 0 Å². The van der Waals surface area contributed by atoms with Gasteiger partial charge in [-0.3, -0.25) is 9.78 Å². The van der Waals surface area contributed by atoms with Gasteiger partial charge in [-0.2, -0.15) is 4.98 Å². The number of amides is 1. The van der Waals surface area contributed by atoms with Crippen LogP contribution in [0.4, 0.5) is 0 Å². The van der Waals surface area contributed by atoms with Crippen LogP contribution in [0.3, 0.4) is 0 Å². The van der Waals surface area contributed by atoms with Crippen molar-refractivity contribution >= 4 is 5.91 Å². The van der Waals surface area contributed by atoms with Gasteiger partial charge in [0.25, 0.3) is 0 Å². The monoisotopic (exact) mass is 378 g/mol. The summed E-state index contributed by atoms with van der Waals surface area (Å²) in [6.45, 7) is 6.35. The summed E-state index contributed by atoms with van der Waals surface area (Å²) < 4.78 is 5.26. The van der Waals surface area contributed by atoms with Gasteiger partial charge < -0.3 is 9.84 Å². The average Bonchev–Trinajstić information content (AvgIpc) is 3.20. The minimum atomic E-state index is -0.0283. The van der Waals surface area contributed by atoms with Gasteiger partial charge in [0.15, 0.2) is 0 Å². The second-order valence-corrected chi connectivity index (χ2v) is 7.14. The van der Waals surface area contributed by atoms with Crippen LogP contribution >= 0.6 is 0 Å². The number of nitrogens with one attached hydrogen (secondary N) is 1. The van der Waals surface area contributed by atoms with E-state index in [1.165, 1.54) is 5.56 Å². The Kier molecular flexibility index (Phi) is 6.53. The molecule has 0 bridgehead atoms. The van der Waals surface area contributed by atoms with Crippen LogP contribution in [0.5, 0.6) is 0 Å². The molecule has 1 atom stereocenters. The topological polar surface area (TPSA) is 80.9 Å². The molecule has 0 saturated heterocycles. The lowest BCUT2D eigenvalue weighted by atomic mass is 9.94. The second kappa shape index (κ2) is 9.26. The van der Waals surface area contributed by atoms with Gasteiger partial charge >= 0.3 is 0 Å². The number of carbonyl (C=O) groups excluding carboxylic acids is 1. The van der Waals surface area contributed by atoms with Crippen LogP contribution in [0, 0.1) is 5.92 Å². The molecule has 146 valence electrons. The molecule has 3 rings (SSSR count). The largest absolute Gasteiger partial charge is 0.349 e. The number of aryl methyl sites for hydroxylation is 2. The molecule has 0 radical (unpaired) electrons. The molecule has 0 saturated carbocycles. The van der Waals surface area contributed by atoms with Crippen LogP contribution in [0.1, 0.15) is 50.3 Å². The van der Waals surface area contributed by atoms with Crippen molar-refractivity contribution in [1.82, 2.24) is 20.4 Å². The molecule has 2 aromatic heterocycles. The Morgan fingerprint density at radius 2 is 1.96 bits per heavy atom. The quantitative estimate of drug-likeness (QED) is 0.637. The summed E-state index contributed by atoms with van der Waals surface area (Å²) in [6.07, 6.45) is 5.07. The van der Waals surface area contributed by atoms with E-state index in [2.05, 4.69) is 65.5 Å². The number of aromatic nitrogens is 3.